The molecule has 1 atom stereocenters. The van der Waals surface area contributed by atoms with E-state index in [2.05, 4.69) is 20.3 Å². The zero-order valence-corrected chi connectivity index (χ0v) is 12.2. The van der Waals surface area contributed by atoms with E-state index in [-0.39, 0.29) is 6.10 Å². The van der Waals surface area contributed by atoms with Crippen LogP contribution in [0.3, 0.4) is 0 Å². The molecule has 0 aromatic carbocycles. The fourth-order valence-electron chi connectivity index (χ4n) is 2.28. The Kier molecular flexibility index (Phi) is 2.90. The van der Waals surface area contributed by atoms with E-state index in [4.69, 9.17) is 10.5 Å². The van der Waals surface area contributed by atoms with Crippen LogP contribution in [0, 0.1) is 0 Å². The number of thiazole rings is 1. The van der Waals surface area contributed by atoms with Gasteiger partial charge in [-0.25, -0.2) is 4.98 Å². The topological polar surface area (TPSA) is 91.2 Å². The van der Waals surface area contributed by atoms with Gasteiger partial charge >= 0.3 is 0 Å². The summed E-state index contributed by atoms with van der Waals surface area (Å²) in [6.07, 6.45) is 2.74. The van der Waals surface area contributed by atoms with Gasteiger partial charge in [-0.15, -0.1) is 21.5 Å². The van der Waals surface area contributed by atoms with Gasteiger partial charge in [-0.3, -0.25) is 0 Å². The fourth-order valence-corrected chi connectivity index (χ4v) is 3.70. The highest BCUT2D eigenvalue weighted by atomic mass is 32.1. The van der Waals surface area contributed by atoms with Gasteiger partial charge in [-0.2, -0.15) is 9.61 Å². The number of hydrogen-bond acceptors (Lipinski definition) is 8. The van der Waals surface area contributed by atoms with Crippen LogP contribution in [0.1, 0.15) is 35.5 Å². The van der Waals surface area contributed by atoms with Crippen LogP contribution >= 0.6 is 22.7 Å². The minimum atomic E-state index is 0.0230. The number of nitrogens with zero attached hydrogens (tertiary/aromatic N) is 5. The second-order valence-electron chi connectivity index (χ2n) is 4.60. The van der Waals surface area contributed by atoms with Crippen molar-refractivity contribution in [2.75, 3.05) is 12.3 Å². The molecule has 7 nitrogen and oxygen atoms in total. The predicted octanol–water partition coefficient (Wildman–Crippen LogP) is 1.67. The van der Waals surface area contributed by atoms with E-state index < -0.39 is 0 Å². The third-order valence-corrected chi connectivity index (χ3v) is 4.80. The van der Waals surface area contributed by atoms with Gasteiger partial charge in [0, 0.05) is 18.4 Å². The van der Waals surface area contributed by atoms with Gasteiger partial charge in [0.15, 0.2) is 11.0 Å². The van der Waals surface area contributed by atoms with Crippen LogP contribution in [0.4, 0.5) is 5.13 Å². The van der Waals surface area contributed by atoms with Gasteiger partial charge in [0.25, 0.3) is 0 Å². The Morgan fingerprint density at radius 3 is 3.15 bits per heavy atom. The van der Waals surface area contributed by atoms with Crippen LogP contribution in [0.15, 0.2) is 5.38 Å². The Hall–Kier alpha value is -1.58. The molecule has 0 bridgehead atoms. The second-order valence-corrected chi connectivity index (χ2v) is 6.53. The average Bonchev–Trinajstić information content (AvgIpc) is 3.13. The van der Waals surface area contributed by atoms with Crippen molar-refractivity contribution in [2.45, 2.75) is 25.4 Å². The van der Waals surface area contributed by atoms with Crippen molar-refractivity contribution in [3.63, 3.8) is 0 Å². The highest BCUT2D eigenvalue weighted by Crippen LogP contribution is 2.28. The molecule has 1 unspecified atom stereocenters. The van der Waals surface area contributed by atoms with Crippen molar-refractivity contribution >= 4 is 32.8 Å². The first-order chi connectivity index (χ1) is 9.79. The molecule has 1 fully saturated rings. The molecule has 1 aliphatic rings. The normalized spacial score (nSPS) is 19.1. The molecule has 104 valence electrons. The van der Waals surface area contributed by atoms with Crippen molar-refractivity contribution in [1.29, 1.82) is 0 Å². The SMILES string of the molecule is Nc1nc(Cc2nn3c(C4CCCO4)nnc3s2)cs1. The Bertz CT molecular complexity index is 741. The van der Waals surface area contributed by atoms with Crippen LogP contribution in [-0.4, -0.2) is 31.4 Å². The van der Waals surface area contributed by atoms with E-state index in [0.29, 0.717) is 11.6 Å². The Labute approximate surface area is 122 Å². The number of rotatable bonds is 3. The lowest BCUT2D eigenvalue weighted by molar-refractivity contribution is 0.103. The number of hydrogen-bond donors (Lipinski definition) is 1. The minimum Gasteiger partial charge on any atom is -0.375 e. The lowest BCUT2D eigenvalue weighted by Crippen LogP contribution is -2.04. The first-order valence-corrected chi connectivity index (χ1v) is 8.02. The first kappa shape index (κ1) is 12.2. The molecule has 1 aliphatic heterocycles. The monoisotopic (exact) mass is 308 g/mol. The highest BCUT2D eigenvalue weighted by molar-refractivity contribution is 7.16. The summed E-state index contributed by atoms with van der Waals surface area (Å²) in [4.78, 5) is 5.05. The van der Waals surface area contributed by atoms with Crippen LogP contribution in [0.25, 0.3) is 4.96 Å². The maximum Gasteiger partial charge on any atom is 0.234 e. The van der Waals surface area contributed by atoms with Crippen LogP contribution in [-0.2, 0) is 11.2 Å². The van der Waals surface area contributed by atoms with E-state index in [1.165, 1.54) is 22.7 Å². The van der Waals surface area contributed by atoms with Crippen molar-refractivity contribution in [1.82, 2.24) is 24.8 Å². The van der Waals surface area contributed by atoms with Crippen molar-refractivity contribution in [3.8, 4) is 0 Å². The third kappa shape index (κ3) is 2.07. The minimum absolute atomic E-state index is 0.0230. The smallest absolute Gasteiger partial charge is 0.234 e. The van der Waals surface area contributed by atoms with Gasteiger partial charge in [-0.05, 0) is 12.8 Å². The lowest BCUT2D eigenvalue weighted by Gasteiger charge is -2.03. The highest BCUT2D eigenvalue weighted by Gasteiger charge is 2.25. The zero-order chi connectivity index (χ0) is 13.5. The van der Waals surface area contributed by atoms with E-state index >= 15 is 0 Å². The van der Waals surface area contributed by atoms with Gasteiger partial charge in [-0.1, -0.05) is 11.3 Å². The first-order valence-electron chi connectivity index (χ1n) is 6.32. The second kappa shape index (κ2) is 4.76. The van der Waals surface area contributed by atoms with Crippen molar-refractivity contribution < 1.29 is 4.74 Å². The summed E-state index contributed by atoms with van der Waals surface area (Å²) in [6, 6.07) is 0. The number of aromatic nitrogens is 5. The number of nitrogens with two attached hydrogens (primary N) is 1. The Balaban J connectivity index is 1.65. The Morgan fingerprint density at radius 1 is 1.45 bits per heavy atom. The van der Waals surface area contributed by atoms with E-state index in [1.807, 2.05) is 5.38 Å². The summed E-state index contributed by atoms with van der Waals surface area (Å²) in [5.74, 6) is 0.804. The summed E-state index contributed by atoms with van der Waals surface area (Å²) in [7, 11) is 0. The standard InChI is InChI=1S/C11H12N6OS2/c12-10-13-6(5-19-10)4-8-16-17-9(7-2-1-3-18-7)14-15-11(17)20-8/h5,7H,1-4H2,(H2,12,13). The quantitative estimate of drug-likeness (QED) is 0.791. The predicted molar refractivity (Wildman–Crippen MR) is 75.9 cm³/mol. The van der Waals surface area contributed by atoms with Gasteiger partial charge < -0.3 is 10.5 Å². The van der Waals surface area contributed by atoms with E-state index in [1.54, 1.807) is 4.52 Å². The molecule has 0 aliphatic carbocycles. The summed E-state index contributed by atoms with van der Waals surface area (Å²) < 4.78 is 7.45. The van der Waals surface area contributed by atoms with Crippen LogP contribution in [0.5, 0.6) is 0 Å². The molecule has 0 amide bonds. The molecule has 2 N–H and O–H groups in total. The molecule has 4 rings (SSSR count). The van der Waals surface area contributed by atoms with Crippen molar-refractivity contribution in [3.05, 3.63) is 21.9 Å². The molecular weight excluding hydrogens is 296 g/mol. The van der Waals surface area contributed by atoms with E-state index in [0.717, 1.165) is 40.9 Å². The molecule has 4 heterocycles. The molecule has 0 spiro atoms. The molecule has 9 heteroatoms. The number of ether oxygens (including phenoxy) is 1. The van der Waals surface area contributed by atoms with Crippen LogP contribution in [0.2, 0.25) is 0 Å². The number of fused-ring (bicyclic) bond motifs is 1. The molecular formula is C11H12N6OS2. The number of nitrogen functional groups attached to an aromatic ring is 1. The fraction of sp³-hybridized carbons (Fsp3) is 0.455. The molecule has 20 heavy (non-hydrogen) atoms. The molecule has 1 saturated heterocycles. The maximum absolute atomic E-state index is 5.65. The summed E-state index contributed by atoms with van der Waals surface area (Å²) in [6.45, 7) is 0.786. The maximum atomic E-state index is 5.65. The number of anilines is 1. The molecule has 0 saturated carbocycles. The van der Waals surface area contributed by atoms with Crippen LogP contribution < -0.4 is 5.73 Å². The molecule has 3 aromatic heterocycles. The molecule has 3 aromatic rings. The zero-order valence-electron chi connectivity index (χ0n) is 10.5. The lowest BCUT2D eigenvalue weighted by atomic mass is 10.2. The van der Waals surface area contributed by atoms with Gasteiger partial charge in [0.2, 0.25) is 4.96 Å². The third-order valence-electron chi connectivity index (χ3n) is 3.18. The van der Waals surface area contributed by atoms with Gasteiger partial charge in [0.05, 0.1) is 5.69 Å². The summed E-state index contributed by atoms with van der Waals surface area (Å²) >= 11 is 2.97. The van der Waals surface area contributed by atoms with Gasteiger partial charge in [0.1, 0.15) is 11.1 Å². The summed E-state index contributed by atoms with van der Waals surface area (Å²) in [5.41, 5.74) is 6.58. The molecule has 0 radical (unpaired) electrons. The summed E-state index contributed by atoms with van der Waals surface area (Å²) in [5, 5.41) is 16.4. The largest absolute Gasteiger partial charge is 0.375 e. The average molecular weight is 308 g/mol. The van der Waals surface area contributed by atoms with Crippen molar-refractivity contribution in [2.24, 2.45) is 0 Å². The Morgan fingerprint density at radius 2 is 2.40 bits per heavy atom. The van der Waals surface area contributed by atoms with E-state index in [9.17, 15) is 0 Å².